The monoisotopic (exact) mass is 369 g/mol. The van der Waals surface area contributed by atoms with E-state index in [1.165, 1.54) is 4.90 Å². The molecule has 0 bridgehead atoms. The zero-order valence-corrected chi connectivity index (χ0v) is 15.7. The van der Waals surface area contributed by atoms with Crippen molar-refractivity contribution >= 4 is 23.4 Å². The molecule has 4 rings (SSSR count). The van der Waals surface area contributed by atoms with E-state index < -0.39 is 5.41 Å². The van der Waals surface area contributed by atoms with Crippen LogP contribution in [0.2, 0.25) is 0 Å². The summed E-state index contributed by atoms with van der Waals surface area (Å²) in [6.45, 7) is 1.13. The summed E-state index contributed by atoms with van der Waals surface area (Å²) in [5, 5.41) is 3.13. The highest BCUT2D eigenvalue weighted by molar-refractivity contribution is 7.98. The van der Waals surface area contributed by atoms with Crippen LogP contribution >= 0.6 is 11.8 Å². The summed E-state index contributed by atoms with van der Waals surface area (Å²) < 4.78 is 11.4. The molecule has 0 spiro atoms. The first-order chi connectivity index (χ1) is 12.7. The number of benzene rings is 2. The van der Waals surface area contributed by atoms with Crippen LogP contribution in [0.1, 0.15) is 31.2 Å². The van der Waals surface area contributed by atoms with Crippen LogP contribution in [0, 0.1) is 0 Å². The lowest BCUT2D eigenvalue weighted by atomic mass is 9.77. The van der Waals surface area contributed by atoms with Crippen LogP contribution in [0.25, 0.3) is 0 Å². The molecule has 1 fully saturated rings. The lowest BCUT2D eigenvalue weighted by Crippen LogP contribution is -2.38. The molecule has 1 aliphatic carbocycles. The first kappa shape index (κ1) is 17.3. The number of ether oxygens (including phenoxy) is 2. The van der Waals surface area contributed by atoms with Gasteiger partial charge in [0, 0.05) is 10.6 Å². The molecule has 0 atom stereocenters. The molecule has 2 aromatic carbocycles. The van der Waals surface area contributed by atoms with Gasteiger partial charge in [0.1, 0.15) is 13.2 Å². The number of carbonyl (C=O) groups excluding carboxylic acids is 1. The van der Waals surface area contributed by atoms with Crippen LogP contribution < -0.4 is 14.8 Å². The van der Waals surface area contributed by atoms with Crippen LogP contribution in [-0.2, 0) is 10.2 Å². The predicted octanol–water partition coefficient (Wildman–Crippen LogP) is 4.63. The van der Waals surface area contributed by atoms with Crippen molar-refractivity contribution in [3.05, 3.63) is 48.0 Å². The van der Waals surface area contributed by atoms with Crippen molar-refractivity contribution in [1.82, 2.24) is 0 Å². The SMILES string of the molecule is CSc1ccc(NC(=O)C2(c3ccc4c(c3)OCCO4)CCCC2)cc1. The number of nitrogens with one attached hydrogen (secondary N) is 1. The molecule has 1 saturated carbocycles. The van der Waals surface area contributed by atoms with Crippen molar-refractivity contribution in [2.75, 3.05) is 24.8 Å². The van der Waals surface area contributed by atoms with Crippen LogP contribution in [0.3, 0.4) is 0 Å². The Hall–Kier alpha value is -2.14. The third-order valence-electron chi connectivity index (χ3n) is 5.33. The molecule has 26 heavy (non-hydrogen) atoms. The summed E-state index contributed by atoms with van der Waals surface area (Å²) in [5.41, 5.74) is 1.38. The Kier molecular flexibility index (Phi) is 4.81. The Bertz CT molecular complexity index is 797. The Morgan fingerprint density at radius 1 is 1.00 bits per heavy atom. The standard InChI is InChI=1S/C21H23NO3S/c1-26-17-7-5-16(6-8-17)22-20(23)21(10-2-3-11-21)15-4-9-18-19(14-15)25-13-12-24-18/h4-9,14H,2-3,10-13H2,1H3,(H,22,23). The molecule has 0 unspecified atom stereocenters. The maximum atomic E-state index is 13.3. The van der Waals surface area contributed by atoms with Crippen molar-refractivity contribution in [1.29, 1.82) is 0 Å². The first-order valence-corrected chi connectivity index (χ1v) is 10.3. The number of amides is 1. The number of fused-ring (bicyclic) bond motifs is 1. The van der Waals surface area contributed by atoms with Crippen molar-refractivity contribution in [2.24, 2.45) is 0 Å². The number of thioether (sulfide) groups is 1. The van der Waals surface area contributed by atoms with Crippen molar-refractivity contribution in [2.45, 2.75) is 36.0 Å². The largest absolute Gasteiger partial charge is 0.486 e. The van der Waals surface area contributed by atoms with Gasteiger partial charge in [-0.25, -0.2) is 0 Å². The van der Waals surface area contributed by atoms with Gasteiger partial charge in [0.25, 0.3) is 0 Å². The van der Waals surface area contributed by atoms with Crippen LogP contribution in [0.15, 0.2) is 47.4 Å². The number of anilines is 1. The van der Waals surface area contributed by atoms with Crippen LogP contribution in [0.4, 0.5) is 5.69 Å². The third kappa shape index (κ3) is 3.16. The molecule has 1 heterocycles. The van der Waals surface area contributed by atoms with E-state index in [0.717, 1.165) is 48.4 Å². The third-order valence-corrected chi connectivity index (χ3v) is 6.08. The maximum absolute atomic E-state index is 13.3. The highest BCUT2D eigenvalue weighted by atomic mass is 32.2. The van der Waals surface area contributed by atoms with Gasteiger partial charge in [0.05, 0.1) is 5.41 Å². The normalized spacial score (nSPS) is 17.7. The maximum Gasteiger partial charge on any atom is 0.235 e. The highest BCUT2D eigenvalue weighted by Gasteiger charge is 2.43. The molecule has 136 valence electrons. The molecular formula is C21H23NO3S. The van der Waals surface area contributed by atoms with Crippen LogP contribution in [0.5, 0.6) is 11.5 Å². The zero-order chi connectivity index (χ0) is 18.0. The molecule has 1 N–H and O–H groups in total. The van der Waals surface area contributed by atoms with Gasteiger partial charge in [-0.1, -0.05) is 18.9 Å². The second kappa shape index (κ2) is 7.23. The second-order valence-corrected chi connectivity index (χ2v) is 7.71. The van der Waals surface area contributed by atoms with E-state index in [4.69, 9.17) is 9.47 Å². The molecule has 1 amide bonds. The minimum atomic E-state index is -0.492. The summed E-state index contributed by atoms with van der Waals surface area (Å²) in [5.74, 6) is 1.59. The molecule has 0 saturated heterocycles. The molecule has 5 heteroatoms. The fourth-order valence-electron chi connectivity index (χ4n) is 3.89. The minimum absolute atomic E-state index is 0.0728. The van der Waals surface area contributed by atoms with Crippen molar-refractivity contribution < 1.29 is 14.3 Å². The molecule has 1 aliphatic heterocycles. The number of hydrogen-bond donors (Lipinski definition) is 1. The molecule has 0 radical (unpaired) electrons. The molecule has 2 aliphatic rings. The van der Waals surface area contributed by atoms with E-state index in [-0.39, 0.29) is 5.91 Å². The minimum Gasteiger partial charge on any atom is -0.486 e. The topological polar surface area (TPSA) is 47.6 Å². The smallest absolute Gasteiger partial charge is 0.235 e. The van der Waals surface area contributed by atoms with Crippen LogP contribution in [-0.4, -0.2) is 25.4 Å². The van der Waals surface area contributed by atoms with Crippen molar-refractivity contribution in [3.8, 4) is 11.5 Å². The van der Waals surface area contributed by atoms with Gasteiger partial charge in [-0.15, -0.1) is 11.8 Å². The summed E-state index contributed by atoms with van der Waals surface area (Å²) in [7, 11) is 0. The van der Waals surface area contributed by atoms with E-state index in [9.17, 15) is 4.79 Å². The van der Waals surface area contributed by atoms with E-state index in [1.54, 1.807) is 11.8 Å². The average molecular weight is 369 g/mol. The summed E-state index contributed by atoms with van der Waals surface area (Å²) >= 11 is 1.69. The van der Waals surface area contributed by atoms with Gasteiger partial charge in [0.15, 0.2) is 11.5 Å². The fourth-order valence-corrected chi connectivity index (χ4v) is 4.30. The van der Waals surface area contributed by atoms with Gasteiger partial charge in [0.2, 0.25) is 5.91 Å². The number of carbonyl (C=O) groups is 1. The Morgan fingerprint density at radius 3 is 2.38 bits per heavy atom. The molecule has 2 aromatic rings. The first-order valence-electron chi connectivity index (χ1n) is 9.07. The molecular weight excluding hydrogens is 346 g/mol. The number of rotatable bonds is 4. The van der Waals surface area contributed by atoms with Gasteiger partial charge >= 0.3 is 0 Å². The Labute approximate surface area is 158 Å². The summed E-state index contributed by atoms with van der Waals surface area (Å²) in [6.07, 6.45) is 5.90. The summed E-state index contributed by atoms with van der Waals surface area (Å²) in [6, 6.07) is 14.0. The van der Waals surface area contributed by atoms with Crippen molar-refractivity contribution in [3.63, 3.8) is 0 Å². The van der Waals surface area contributed by atoms with E-state index in [1.807, 2.05) is 48.7 Å². The second-order valence-electron chi connectivity index (χ2n) is 6.83. The zero-order valence-electron chi connectivity index (χ0n) is 14.9. The van der Waals surface area contributed by atoms with E-state index >= 15 is 0 Å². The lowest BCUT2D eigenvalue weighted by molar-refractivity contribution is -0.121. The Balaban J connectivity index is 1.62. The predicted molar refractivity (Wildman–Crippen MR) is 104 cm³/mol. The van der Waals surface area contributed by atoms with E-state index in [0.29, 0.717) is 13.2 Å². The quantitative estimate of drug-likeness (QED) is 0.798. The average Bonchev–Trinajstić information content (AvgIpc) is 3.19. The van der Waals surface area contributed by atoms with E-state index in [2.05, 4.69) is 5.32 Å². The molecule has 4 nitrogen and oxygen atoms in total. The summed E-state index contributed by atoms with van der Waals surface area (Å²) in [4.78, 5) is 14.5. The Morgan fingerprint density at radius 2 is 1.69 bits per heavy atom. The van der Waals surface area contributed by atoms with Gasteiger partial charge < -0.3 is 14.8 Å². The highest BCUT2D eigenvalue weighted by Crippen LogP contribution is 2.45. The van der Waals surface area contributed by atoms with Gasteiger partial charge in [-0.3, -0.25) is 4.79 Å². The van der Waals surface area contributed by atoms with Gasteiger partial charge in [-0.2, -0.15) is 0 Å². The van der Waals surface area contributed by atoms with Gasteiger partial charge in [-0.05, 0) is 61.1 Å². The fraction of sp³-hybridized carbons (Fsp3) is 0.381. The molecule has 0 aromatic heterocycles. The number of hydrogen-bond acceptors (Lipinski definition) is 4. The lowest BCUT2D eigenvalue weighted by Gasteiger charge is -2.30.